The largest absolute Gasteiger partial charge is 0.439 e. The number of nitro benzene ring substituents is 1. The van der Waals surface area contributed by atoms with Crippen LogP contribution in [0.2, 0.25) is 0 Å². The van der Waals surface area contributed by atoms with Crippen LogP contribution in [0.25, 0.3) is 11.1 Å². The maximum Gasteiger partial charge on any atom is 0.417 e. The molecule has 0 spiro atoms. The smallest absolute Gasteiger partial charge is 0.417 e. The summed E-state index contributed by atoms with van der Waals surface area (Å²) in [5.74, 6) is 0.450. The van der Waals surface area contributed by atoms with Gasteiger partial charge in [0.15, 0.2) is 0 Å². The van der Waals surface area contributed by atoms with Gasteiger partial charge in [-0.15, -0.1) is 0 Å². The molecular weight excluding hydrogens is 373 g/mol. The minimum absolute atomic E-state index is 0.00872. The molecule has 28 heavy (non-hydrogen) atoms. The van der Waals surface area contributed by atoms with E-state index in [-0.39, 0.29) is 11.6 Å². The van der Waals surface area contributed by atoms with Gasteiger partial charge in [-0.3, -0.25) is 10.1 Å². The van der Waals surface area contributed by atoms with Crippen LogP contribution in [0.15, 0.2) is 54.7 Å². The third-order valence-corrected chi connectivity index (χ3v) is 4.14. The fraction of sp³-hybridized carbons (Fsp3) is 0.150. The molecule has 0 bridgehead atoms. The van der Waals surface area contributed by atoms with E-state index in [2.05, 4.69) is 4.98 Å². The molecule has 0 atom stereocenters. The Bertz CT molecular complexity index is 1010. The highest BCUT2D eigenvalue weighted by molar-refractivity contribution is 5.73. The Morgan fingerprint density at radius 2 is 1.71 bits per heavy atom. The molecule has 1 aromatic heterocycles. The van der Waals surface area contributed by atoms with Crippen molar-refractivity contribution in [3.8, 4) is 22.8 Å². The molecule has 0 aliphatic carbocycles. The molecule has 0 amide bonds. The van der Waals surface area contributed by atoms with Crippen LogP contribution in [0.1, 0.15) is 16.7 Å². The van der Waals surface area contributed by atoms with Gasteiger partial charge in [-0.2, -0.15) is 13.2 Å². The molecule has 0 unspecified atom stereocenters. The summed E-state index contributed by atoms with van der Waals surface area (Å²) >= 11 is 0. The van der Waals surface area contributed by atoms with Crippen LogP contribution in [0.3, 0.4) is 0 Å². The molecule has 5 nitrogen and oxygen atoms in total. The van der Waals surface area contributed by atoms with Gasteiger partial charge in [-0.25, -0.2) is 4.98 Å². The van der Waals surface area contributed by atoms with Crippen molar-refractivity contribution < 1.29 is 22.8 Å². The molecule has 1 heterocycles. The summed E-state index contributed by atoms with van der Waals surface area (Å²) in [6.07, 6.45) is -3.74. The van der Waals surface area contributed by atoms with Crippen molar-refractivity contribution in [1.29, 1.82) is 0 Å². The van der Waals surface area contributed by atoms with Crippen molar-refractivity contribution >= 4 is 5.69 Å². The Labute approximate surface area is 158 Å². The van der Waals surface area contributed by atoms with E-state index >= 15 is 0 Å². The van der Waals surface area contributed by atoms with Crippen molar-refractivity contribution in [2.75, 3.05) is 0 Å². The minimum atomic E-state index is -4.46. The van der Waals surface area contributed by atoms with Crippen molar-refractivity contribution in [1.82, 2.24) is 4.98 Å². The second-order valence-electron chi connectivity index (χ2n) is 6.22. The van der Waals surface area contributed by atoms with Gasteiger partial charge in [-0.1, -0.05) is 12.1 Å². The molecule has 3 rings (SSSR count). The topological polar surface area (TPSA) is 65.3 Å². The van der Waals surface area contributed by atoms with Gasteiger partial charge in [-0.05, 0) is 54.3 Å². The average Bonchev–Trinajstić information content (AvgIpc) is 2.61. The maximum absolute atomic E-state index is 12.6. The number of ether oxygens (including phenoxy) is 1. The number of benzene rings is 2. The van der Waals surface area contributed by atoms with E-state index in [9.17, 15) is 23.3 Å². The molecular formula is C20H15F3N2O3. The number of hydrogen-bond acceptors (Lipinski definition) is 4. The first-order valence-corrected chi connectivity index (χ1v) is 8.22. The second-order valence-corrected chi connectivity index (χ2v) is 6.22. The number of rotatable bonds is 4. The molecule has 0 aliphatic heterocycles. The lowest BCUT2D eigenvalue weighted by Crippen LogP contribution is -2.05. The number of non-ortho nitro benzene ring substituents is 1. The maximum atomic E-state index is 12.6. The van der Waals surface area contributed by atoms with E-state index in [0.717, 1.165) is 28.8 Å². The molecule has 0 saturated carbocycles. The highest BCUT2D eigenvalue weighted by Gasteiger charge is 2.30. The zero-order valence-electron chi connectivity index (χ0n) is 14.9. The van der Waals surface area contributed by atoms with E-state index in [1.54, 1.807) is 24.3 Å². The molecule has 3 aromatic rings. The number of nitro groups is 1. The fourth-order valence-electron chi connectivity index (χ4n) is 2.94. The Hall–Kier alpha value is -3.42. The van der Waals surface area contributed by atoms with E-state index in [1.807, 2.05) is 13.8 Å². The predicted octanol–water partition coefficient (Wildman–Crippen LogP) is 6.08. The van der Waals surface area contributed by atoms with Crippen molar-refractivity contribution in [3.05, 3.63) is 81.5 Å². The van der Waals surface area contributed by atoms with E-state index in [1.165, 1.54) is 12.1 Å². The highest BCUT2D eigenvalue weighted by atomic mass is 19.4. The third-order valence-electron chi connectivity index (χ3n) is 4.14. The van der Waals surface area contributed by atoms with Crippen LogP contribution in [0, 0.1) is 24.0 Å². The first-order chi connectivity index (χ1) is 13.1. The fourth-order valence-corrected chi connectivity index (χ4v) is 2.94. The Balaban J connectivity index is 1.90. The first kappa shape index (κ1) is 19.3. The number of aryl methyl sites for hydroxylation is 2. The van der Waals surface area contributed by atoms with Crippen molar-refractivity contribution in [2.24, 2.45) is 0 Å². The van der Waals surface area contributed by atoms with Crippen LogP contribution in [-0.4, -0.2) is 9.91 Å². The SMILES string of the molecule is Cc1cc(Oc2ccc(C(F)(F)F)cn2)cc(C)c1-c1cccc([N+](=O)[O-])c1. The molecule has 2 aromatic carbocycles. The van der Waals surface area contributed by atoms with Crippen LogP contribution >= 0.6 is 0 Å². The van der Waals surface area contributed by atoms with Gasteiger partial charge >= 0.3 is 6.18 Å². The average molecular weight is 388 g/mol. The summed E-state index contributed by atoms with van der Waals surface area (Å²) in [7, 11) is 0. The normalized spacial score (nSPS) is 11.3. The highest BCUT2D eigenvalue weighted by Crippen LogP contribution is 2.34. The Morgan fingerprint density at radius 3 is 2.25 bits per heavy atom. The van der Waals surface area contributed by atoms with Crippen LogP contribution in [-0.2, 0) is 6.18 Å². The van der Waals surface area contributed by atoms with Gasteiger partial charge in [0.2, 0.25) is 5.88 Å². The van der Waals surface area contributed by atoms with Crippen LogP contribution in [0.5, 0.6) is 11.6 Å². The Morgan fingerprint density at radius 1 is 1.04 bits per heavy atom. The van der Waals surface area contributed by atoms with E-state index < -0.39 is 16.7 Å². The number of hydrogen-bond donors (Lipinski definition) is 0. The first-order valence-electron chi connectivity index (χ1n) is 8.22. The van der Waals surface area contributed by atoms with Crippen molar-refractivity contribution in [2.45, 2.75) is 20.0 Å². The molecule has 144 valence electrons. The summed E-state index contributed by atoms with van der Waals surface area (Å²) in [5, 5.41) is 11.0. The molecule has 0 saturated heterocycles. The van der Waals surface area contributed by atoms with E-state index in [0.29, 0.717) is 17.5 Å². The lowest BCUT2D eigenvalue weighted by molar-refractivity contribution is -0.384. The number of alkyl halides is 3. The van der Waals surface area contributed by atoms with Crippen LogP contribution < -0.4 is 4.74 Å². The second kappa shape index (κ2) is 7.30. The van der Waals surface area contributed by atoms with Gasteiger partial charge in [0.05, 0.1) is 10.5 Å². The zero-order valence-corrected chi connectivity index (χ0v) is 14.9. The third kappa shape index (κ3) is 4.11. The molecule has 0 radical (unpaired) electrons. The van der Waals surface area contributed by atoms with Crippen LogP contribution in [0.4, 0.5) is 18.9 Å². The van der Waals surface area contributed by atoms with Gasteiger partial charge < -0.3 is 4.74 Å². The summed E-state index contributed by atoms with van der Waals surface area (Å²) in [6, 6.07) is 11.8. The standard InChI is InChI=1S/C20H15F3N2O3/c1-12-8-17(28-18-7-6-15(11-24-18)20(21,22)23)9-13(2)19(12)14-4-3-5-16(10-14)25(26)27/h3-11H,1-2H3. The lowest BCUT2D eigenvalue weighted by Gasteiger charge is -2.14. The summed E-state index contributed by atoms with van der Waals surface area (Å²) in [6.45, 7) is 3.66. The zero-order chi connectivity index (χ0) is 20.5. The lowest BCUT2D eigenvalue weighted by atomic mass is 9.95. The number of halogens is 3. The minimum Gasteiger partial charge on any atom is -0.439 e. The number of pyridine rings is 1. The summed E-state index contributed by atoms with van der Waals surface area (Å²) in [5.41, 5.74) is 2.28. The summed E-state index contributed by atoms with van der Waals surface area (Å²) in [4.78, 5) is 14.2. The number of nitrogens with zero attached hydrogens (tertiary/aromatic N) is 2. The van der Waals surface area contributed by atoms with Crippen molar-refractivity contribution in [3.63, 3.8) is 0 Å². The Kier molecular flexibility index (Phi) is 5.04. The summed E-state index contributed by atoms with van der Waals surface area (Å²) < 4.78 is 43.4. The molecule has 0 N–H and O–H groups in total. The quantitative estimate of drug-likeness (QED) is 0.401. The number of aromatic nitrogens is 1. The molecule has 0 aliphatic rings. The molecule has 8 heteroatoms. The van der Waals surface area contributed by atoms with Gasteiger partial charge in [0, 0.05) is 24.4 Å². The molecule has 0 fully saturated rings. The van der Waals surface area contributed by atoms with Gasteiger partial charge in [0.25, 0.3) is 5.69 Å². The monoisotopic (exact) mass is 388 g/mol. The van der Waals surface area contributed by atoms with E-state index in [4.69, 9.17) is 4.74 Å². The predicted molar refractivity (Wildman–Crippen MR) is 97.3 cm³/mol. The van der Waals surface area contributed by atoms with Gasteiger partial charge in [0.1, 0.15) is 5.75 Å².